The van der Waals surface area contributed by atoms with E-state index in [2.05, 4.69) is 4.98 Å². The van der Waals surface area contributed by atoms with E-state index < -0.39 is 16.0 Å². The van der Waals surface area contributed by atoms with Gasteiger partial charge in [-0.2, -0.15) is 4.31 Å². The molecule has 31 heavy (non-hydrogen) atoms. The van der Waals surface area contributed by atoms with Crippen molar-refractivity contribution in [1.29, 1.82) is 0 Å². The van der Waals surface area contributed by atoms with Crippen molar-refractivity contribution in [3.63, 3.8) is 0 Å². The maximum Gasteiger partial charge on any atom is 0.342 e. The van der Waals surface area contributed by atoms with Gasteiger partial charge in [-0.15, -0.1) is 0 Å². The van der Waals surface area contributed by atoms with E-state index in [0.717, 1.165) is 25.7 Å². The van der Waals surface area contributed by atoms with Crippen molar-refractivity contribution >= 4 is 27.1 Å². The minimum Gasteiger partial charge on any atom is -0.496 e. The van der Waals surface area contributed by atoms with E-state index in [1.165, 1.54) is 29.6 Å². The number of esters is 1. The highest BCUT2D eigenvalue weighted by Crippen LogP contribution is 2.27. The molecule has 0 spiro atoms. The van der Waals surface area contributed by atoms with Crippen LogP contribution in [0.25, 0.3) is 11.1 Å². The van der Waals surface area contributed by atoms with Gasteiger partial charge >= 0.3 is 5.97 Å². The minimum atomic E-state index is -3.71. The average Bonchev–Trinajstić information content (AvgIpc) is 2.99. The third-order valence-electron chi connectivity index (χ3n) is 5.26. The Hall–Kier alpha value is -2.91. The van der Waals surface area contributed by atoms with Gasteiger partial charge in [0, 0.05) is 13.1 Å². The molecule has 4 rings (SSSR count). The van der Waals surface area contributed by atoms with Crippen LogP contribution in [0, 0.1) is 0 Å². The SMILES string of the molecule is COc1ccc(S(=O)(=O)N2CCCCCC2)cc1C(=O)OCc1nc2ccccc2o1. The van der Waals surface area contributed by atoms with E-state index in [1.54, 1.807) is 12.1 Å². The number of nitrogens with zero attached hydrogens (tertiary/aromatic N) is 2. The van der Waals surface area contributed by atoms with Gasteiger partial charge in [-0.3, -0.25) is 0 Å². The van der Waals surface area contributed by atoms with Crippen molar-refractivity contribution in [1.82, 2.24) is 9.29 Å². The Kier molecular flexibility index (Phi) is 6.24. The molecule has 3 aromatic rings. The normalized spacial score (nSPS) is 15.5. The number of carbonyl (C=O) groups excluding carboxylic acids is 1. The van der Waals surface area contributed by atoms with Gasteiger partial charge in [0.1, 0.15) is 16.8 Å². The van der Waals surface area contributed by atoms with Gasteiger partial charge in [-0.1, -0.05) is 25.0 Å². The molecule has 1 aliphatic heterocycles. The highest BCUT2D eigenvalue weighted by Gasteiger charge is 2.27. The monoisotopic (exact) mass is 444 g/mol. The molecule has 0 aliphatic carbocycles. The number of ether oxygens (including phenoxy) is 2. The predicted molar refractivity (Wildman–Crippen MR) is 113 cm³/mol. The number of para-hydroxylation sites is 2. The lowest BCUT2D eigenvalue weighted by molar-refractivity contribution is 0.0436. The fourth-order valence-corrected chi connectivity index (χ4v) is 5.17. The van der Waals surface area contributed by atoms with Crippen LogP contribution < -0.4 is 4.74 Å². The Morgan fingerprint density at radius 1 is 1.10 bits per heavy atom. The zero-order chi connectivity index (χ0) is 21.8. The van der Waals surface area contributed by atoms with E-state index in [4.69, 9.17) is 13.9 Å². The van der Waals surface area contributed by atoms with Crippen molar-refractivity contribution < 1.29 is 27.1 Å². The number of aromatic nitrogens is 1. The van der Waals surface area contributed by atoms with Gasteiger partial charge in [-0.05, 0) is 43.2 Å². The average molecular weight is 445 g/mol. The molecule has 8 nitrogen and oxygen atoms in total. The Balaban J connectivity index is 1.55. The number of rotatable bonds is 6. The second kappa shape index (κ2) is 9.07. The Labute approximate surface area is 180 Å². The molecule has 1 aliphatic rings. The topological polar surface area (TPSA) is 98.9 Å². The molecule has 1 saturated heterocycles. The van der Waals surface area contributed by atoms with Crippen LogP contribution in [0.4, 0.5) is 0 Å². The Morgan fingerprint density at radius 2 is 1.84 bits per heavy atom. The summed E-state index contributed by atoms with van der Waals surface area (Å²) in [6.07, 6.45) is 3.69. The Morgan fingerprint density at radius 3 is 2.55 bits per heavy atom. The van der Waals surface area contributed by atoms with E-state index in [0.29, 0.717) is 24.2 Å². The first-order valence-electron chi connectivity index (χ1n) is 10.2. The van der Waals surface area contributed by atoms with Crippen LogP contribution in [0.5, 0.6) is 5.75 Å². The lowest BCUT2D eigenvalue weighted by Gasteiger charge is -2.20. The van der Waals surface area contributed by atoms with Crippen LogP contribution in [-0.4, -0.2) is 43.9 Å². The molecule has 9 heteroatoms. The predicted octanol–water partition coefficient (Wildman–Crippen LogP) is 3.76. The summed E-state index contributed by atoms with van der Waals surface area (Å²) in [5.74, 6) is -0.230. The molecule has 0 N–H and O–H groups in total. The molecule has 0 saturated carbocycles. The minimum absolute atomic E-state index is 0.0366. The maximum atomic E-state index is 13.1. The van der Waals surface area contributed by atoms with Gasteiger partial charge in [-0.25, -0.2) is 18.2 Å². The van der Waals surface area contributed by atoms with Crippen LogP contribution >= 0.6 is 0 Å². The highest BCUT2D eigenvalue weighted by atomic mass is 32.2. The van der Waals surface area contributed by atoms with E-state index in [1.807, 2.05) is 12.1 Å². The molecule has 0 bridgehead atoms. The summed E-state index contributed by atoms with van der Waals surface area (Å²) in [5.41, 5.74) is 1.29. The van der Waals surface area contributed by atoms with E-state index >= 15 is 0 Å². The molecular formula is C22H24N2O6S. The van der Waals surface area contributed by atoms with Crippen LogP contribution in [0.3, 0.4) is 0 Å². The van der Waals surface area contributed by atoms with E-state index in [-0.39, 0.29) is 28.7 Å². The highest BCUT2D eigenvalue weighted by molar-refractivity contribution is 7.89. The summed E-state index contributed by atoms with van der Waals surface area (Å²) in [4.78, 5) is 17.1. The van der Waals surface area contributed by atoms with Crippen molar-refractivity contribution in [2.75, 3.05) is 20.2 Å². The first-order chi connectivity index (χ1) is 15.0. The quantitative estimate of drug-likeness (QED) is 0.534. The third kappa shape index (κ3) is 4.57. The molecule has 0 amide bonds. The van der Waals surface area contributed by atoms with Gasteiger partial charge < -0.3 is 13.9 Å². The zero-order valence-corrected chi connectivity index (χ0v) is 18.1. The zero-order valence-electron chi connectivity index (χ0n) is 17.2. The van der Waals surface area contributed by atoms with Crippen LogP contribution in [0.2, 0.25) is 0 Å². The first-order valence-corrected chi connectivity index (χ1v) is 11.6. The third-order valence-corrected chi connectivity index (χ3v) is 7.15. The summed E-state index contributed by atoms with van der Waals surface area (Å²) in [7, 11) is -2.30. The fraction of sp³-hybridized carbons (Fsp3) is 0.364. The molecule has 164 valence electrons. The summed E-state index contributed by atoms with van der Waals surface area (Å²) >= 11 is 0. The molecule has 2 heterocycles. The number of carbonyl (C=O) groups is 1. The van der Waals surface area contributed by atoms with E-state index in [9.17, 15) is 13.2 Å². The second-order valence-corrected chi connectivity index (χ2v) is 9.27. The molecule has 2 aromatic carbocycles. The van der Waals surface area contributed by atoms with Gasteiger partial charge in [0.2, 0.25) is 15.9 Å². The van der Waals surface area contributed by atoms with Gasteiger partial charge in [0.05, 0.1) is 12.0 Å². The smallest absolute Gasteiger partial charge is 0.342 e. The molecule has 1 aromatic heterocycles. The van der Waals surface area contributed by atoms with Crippen LogP contribution in [-0.2, 0) is 21.4 Å². The molecular weight excluding hydrogens is 420 g/mol. The number of fused-ring (bicyclic) bond motifs is 1. The summed E-state index contributed by atoms with van der Waals surface area (Å²) < 4.78 is 43.8. The summed E-state index contributed by atoms with van der Waals surface area (Å²) in [6.45, 7) is 0.775. The molecule has 0 radical (unpaired) electrons. The molecule has 1 fully saturated rings. The van der Waals surface area contributed by atoms with Crippen molar-refractivity contribution in [2.45, 2.75) is 37.2 Å². The summed E-state index contributed by atoms with van der Waals surface area (Å²) in [6, 6.07) is 11.5. The van der Waals surface area contributed by atoms with Crippen molar-refractivity contribution in [3.05, 3.63) is 53.9 Å². The van der Waals surface area contributed by atoms with Crippen molar-refractivity contribution in [3.8, 4) is 5.75 Å². The lowest BCUT2D eigenvalue weighted by atomic mass is 10.2. The fourth-order valence-electron chi connectivity index (χ4n) is 3.62. The van der Waals surface area contributed by atoms with Crippen LogP contribution in [0.1, 0.15) is 41.9 Å². The Bertz CT molecular complexity index is 1150. The van der Waals surface area contributed by atoms with Gasteiger partial charge in [0.15, 0.2) is 12.2 Å². The molecule has 0 unspecified atom stereocenters. The first kappa shape index (κ1) is 21.3. The lowest BCUT2D eigenvalue weighted by Crippen LogP contribution is -2.32. The van der Waals surface area contributed by atoms with Crippen molar-refractivity contribution in [2.24, 2.45) is 0 Å². The van der Waals surface area contributed by atoms with Crippen LogP contribution in [0.15, 0.2) is 51.8 Å². The number of hydrogen-bond donors (Lipinski definition) is 0. The summed E-state index contributed by atoms with van der Waals surface area (Å²) in [5, 5.41) is 0. The number of benzene rings is 2. The molecule has 0 atom stereocenters. The number of sulfonamides is 1. The number of oxazole rings is 1. The largest absolute Gasteiger partial charge is 0.496 e. The van der Waals surface area contributed by atoms with Gasteiger partial charge in [0.25, 0.3) is 0 Å². The standard InChI is InChI=1S/C22H24N2O6S/c1-28-19-11-10-16(31(26,27)24-12-6-2-3-7-13-24)14-17(19)22(25)29-15-21-23-18-8-4-5-9-20(18)30-21/h4-5,8-11,14H,2-3,6-7,12-13,15H2,1H3. The second-order valence-electron chi connectivity index (χ2n) is 7.33. The maximum absolute atomic E-state index is 13.1. The number of hydrogen-bond acceptors (Lipinski definition) is 7. The number of methoxy groups -OCH3 is 1.